The molecule has 0 radical (unpaired) electrons. The average Bonchev–Trinajstić information content (AvgIpc) is 2.90. The molecule has 0 N–H and O–H groups in total. The highest BCUT2D eigenvalue weighted by atomic mass is 127. The van der Waals surface area contributed by atoms with Gasteiger partial charge < -0.3 is 9.47 Å². The van der Waals surface area contributed by atoms with E-state index in [-0.39, 0.29) is 11.8 Å². The third-order valence-corrected chi connectivity index (χ3v) is 7.54. The predicted octanol–water partition coefficient (Wildman–Crippen LogP) is 6.33. The van der Waals surface area contributed by atoms with Crippen molar-refractivity contribution in [1.29, 1.82) is 0 Å². The van der Waals surface area contributed by atoms with Gasteiger partial charge in [0.1, 0.15) is 0 Å². The highest BCUT2D eigenvalue weighted by Gasteiger charge is 2.53. The van der Waals surface area contributed by atoms with Gasteiger partial charge in [0.25, 0.3) is 0 Å². The van der Waals surface area contributed by atoms with Crippen LogP contribution >= 0.6 is 22.6 Å². The number of halogens is 1. The Morgan fingerprint density at radius 1 is 0.543 bits per heavy atom. The topological polar surface area (TPSA) is 52.6 Å². The second kappa shape index (κ2) is 8.96. The summed E-state index contributed by atoms with van der Waals surface area (Å²) in [5.41, 5.74) is 5.41. The van der Waals surface area contributed by atoms with Gasteiger partial charge in [0.05, 0.1) is 23.0 Å². The van der Waals surface area contributed by atoms with E-state index in [1.165, 1.54) is 0 Å². The number of hydrogen-bond donors (Lipinski definition) is 0. The summed E-state index contributed by atoms with van der Waals surface area (Å²) in [6.07, 6.45) is -1.30. The Kier molecular flexibility index (Phi) is 5.65. The molecule has 35 heavy (non-hydrogen) atoms. The molecule has 0 amide bonds. The standard InChI is InChI=1S/C30H21IO4/c31-20-15-16-23-24(17-20)26-22-14-8-7-13-21(22)25(23)27(34-29(32)18-9-3-1-4-10-18)28(26)35-30(33)19-11-5-2-6-12-19/h1-17,25-28H/t25-,26-,27?,28?/m1/s1. The Morgan fingerprint density at radius 3 is 1.49 bits per heavy atom. The van der Waals surface area contributed by atoms with Crippen LogP contribution in [0.5, 0.6) is 0 Å². The van der Waals surface area contributed by atoms with Gasteiger partial charge >= 0.3 is 11.9 Å². The van der Waals surface area contributed by atoms with E-state index >= 15 is 0 Å². The maximum atomic E-state index is 13.2. The fraction of sp³-hybridized carbons (Fsp3) is 0.133. The van der Waals surface area contributed by atoms with Crippen molar-refractivity contribution in [2.24, 2.45) is 0 Å². The summed E-state index contributed by atoms with van der Waals surface area (Å²) in [5.74, 6) is -1.31. The van der Waals surface area contributed by atoms with Crippen LogP contribution < -0.4 is 0 Å². The van der Waals surface area contributed by atoms with Gasteiger partial charge in [-0.15, -0.1) is 0 Å². The molecule has 0 aromatic heterocycles. The summed E-state index contributed by atoms with van der Waals surface area (Å²) >= 11 is 2.31. The van der Waals surface area contributed by atoms with Crippen LogP contribution in [0.1, 0.15) is 54.8 Å². The number of benzene rings is 4. The van der Waals surface area contributed by atoms with Gasteiger partial charge in [-0.1, -0.05) is 66.7 Å². The second-order valence-corrected chi connectivity index (χ2v) is 10.1. The fourth-order valence-electron chi connectivity index (χ4n) is 5.40. The van der Waals surface area contributed by atoms with Crippen LogP contribution in [0.3, 0.4) is 0 Å². The highest BCUT2D eigenvalue weighted by molar-refractivity contribution is 14.1. The van der Waals surface area contributed by atoms with Crippen LogP contribution in [0.2, 0.25) is 0 Å². The van der Waals surface area contributed by atoms with Crippen molar-refractivity contribution >= 4 is 34.5 Å². The first-order chi connectivity index (χ1) is 17.1. The van der Waals surface area contributed by atoms with Crippen LogP contribution in [0, 0.1) is 3.57 Å². The molecule has 4 aromatic rings. The lowest BCUT2D eigenvalue weighted by atomic mass is 9.61. The summed E-state index contributed by atoms with van der Waals surface area (Å²) in [4.78, 5) is 26.4. The predicted molar refractivity (Wildman–Crippen MR) is 141 cm³/mol. The molecule has 4 atom stereocenters. The Balaban J connectivity index is 1.47. The lowest BCUT2D eigenvalue weighted by molar-refractivity contribution is -0.0557. The van der Waals surface area contributed by atoms with Gasteiger partial charge in [0.2, 0.25) is 0 Å². The highest BCUT2D eigenvalue weighted by Crippen LogP contribution is 2.55. The van der Waals surface area contributed by atoms with Crippen molar-refractivity contribution in [1.82, 2.24) is 0 Å². The van der Waals surface area contributed by atoms with E-state index in [1.54, 1.807) is 24.3 Å². The molecule has 172 valence electrons. The van der Waals surface area contributed by atoms with E-state index < -0.39 is 24.1 Å². The molecule has 7 rings (SSSR count). The van der Waals surface area contributed by atoms with Crippen LogP contribution in [-0.2, 0) is 9.47 Å². The molecule has 3 aliphatic rings. The number of hydrogen-bond acceptors (Lipinski definition) is 4. The molecule has 3 aliphatic carbocycles. The van der Waals surface area contributed by atoms with Crippen molar-refractivity contribution in [3.8, 4) is 0 Å². The first-order valence-electron chi connectivity index (χ1n) is 11.5. The summed E-state index contributed by atoms with van der Waals surface area (Å²) in [6, 6.07) is 32.4. The summed E-state index contributed by atoms with van der Waals surface area (Å²) in [7, 11) is 0. The van der Waals surface area contributed by atoms with E-state index in [2.05, 4.69) is 52.9 Å². The minimum Gasteiger partial charge on any atom is -0.454 e. The number of ether oxygens (including phenoxy) is 2. The van der Waals surface area contributed by atoms with Crippen LogP contribution in [0.4, 0.5) is 0 Å². The van der Waals surface area contributed by atoms with Crippen LogP contribution in [0.25, 0.3) is 0 Å². The Bertz CT molecular complexity index is 1420. The lowest BCUT2D eigenvalue weighted by Gasteiger charge is -2.49. The van der Waals surface area contributed by atoms with Gasteiger partial charge in [-0.3, -0.25) is 0 Å². The number of carbonyl (C=O) groups excluding carboxylic acids is 2. The number of carbonyl (C=O) groups is 2. The minimum atomic E-state index is -0.652. The Labute approximate surface area is 217 Å². The second-order valence-electron chi connectivity index (χ2n) is 8.83. The molecule has 5 heteroatoms. The first kappa shape index (κ1) is 22.0. The molecule has 2 bridgehead atoms. The van der Waals surface area contributed by atoms with Crippen molar-refractivity contribution in [3.05, 3.63) is 140 Å². The van der Waals surface area contributed by atoms with Crippen molar-refractivity contribution in [3.63, 3.8) is 0 Å². The molecule has 0 saturated carbocycles. The SMILES string of the molecule is O=C(OC1C(OC(=O)c2ccccc2)[C@@H]2c3ccccc3[C@@H]1c1ccc(I)cc12)c1ccccc1. The summed E-state index contributed by atoms with van der Waals surface area (Å²) in [5, 5.41) is 0. The van der Waals surface area contributed by atoms with E-state index in [0.717, 1.165) is 25.8 Å². The van der Waals surface area contributed by atoms with E-state index in [1.807, 2.05) is 48.5 Å². The molecule has 0 saturated heterocycles. The van der Waals surface area contributed by atoms with Crippen molar-refractivity contribution in [2.45, 2.75) is 24.0 Å². The molecule has 0 heterocycles. The van der Waals surface area contributed by atoms with E-state index in [0.29, 0.717) is 11.1 Å². The zero-order valence-electron chi connectivity index (χ0n) is 18.6. The molecular formula is C30H21IO4. The maximum Gasteiger partial charge on any atom is 0.338 e. The fourth-order valence-corrected chi connectivity index (χ4v) is 5.92. The minimum absolute atomic E-state index is 0.232. The molecule has 4 aromatic carbocycles. The van der Waals surface area contributed by atoms with Gasteiger partial charge in [-0.05, 0) is 81.2 Å². The molecule has 0 aliphatic heterocycles. The van der Waals surface area contributed by atoms with Gasteiger partial charge in [0, 0.05) is 3.57 Å². The normalized spacial score (nSPS) is 21.5. The summed E-state index contributed by atoms with van der Waals surface area (Å²) in [6.45, 7) is 0. The Hall–Kier alpha value is -3.45. The first-order valence-corrected chi connectivity index (χ1v) is 12.6. The van der Waals surface area contributed by atoms with Crippen LogP contribution in [0.15, 0.2) is 103 Å². The molecule has 2 unspecified atom stereocenters. The van der Waals surface area contributed by atoms with E-state index in [9.17, 15) is 9.59 Å². The molecule has 0 fully saturated rings. The zero-order valence-corrected chi connectivity index (χ0v) is 20.8. The monoisotopic (exact) mass is 572 g/mol. The number of fused-ring (bicyclic) bond motifs is 1. The molecular weight excluding hydrogens is 551 g/mol. The molecule has 0 spiro atoms. The number of esters is 2. The quantitative estimate of drug-likeness (QED) is 0.212. The third-order valence-electron chi connectivity index (χ3n) is 6.87. The van der Waals surface area contributed by atoms with Gasteiger partial charge in [-0.25, -0.2) is 9.59 Å². The summed E-state index contributed by atoms with van der Waals surface area (Å²) < 4.78 is 13.5. The number of rotatable bonds is 4. The third kappa shape index (κ3) is 3.84. The zero-order chi connectivity index (χ0) is 23.9. The van der Waals surface area contributed by atoms with Crippen LogP contribution in [-0.4, -0.2) is 24.1 Å². The molecule has 4 nitrogen and oxygen atoms in total. The van der Waals surface area contributed by atoms with Gasteiger partial charge in [0.15, 0.2) is 12.2 Å². The Morgan fingerprint density at radius 2 is 0.971 bits per heavy atom. The van der Waals surface area contributed by atoms with Gasteiger partial charge in [-0.2, -0.15) is 0 Å². The maximum absolute atomic E-state index is 13.2. The largest absolute Gasteiger partial charge is 0.454 e. The smallest absolute Gasteiger partial charge is 0.338 e. The van der Waals surface area contributed by atoms with Crippen molar-refractivity contribution < 1.29 is 19.1 Å². The average molecular weight is 572 g/mol. The van der Waals surface area contributed by atoms with Crippen molar-refractivity contribution in [2.75, 3.05) is 0 Å². The lowest BCUT2D eigenvalue weighted by Crippen LogP contribution is -2.51. The van der Waals surface area contributed by atoms with E-state index in [4.69, 9.17) is 9.47 Å².